The molecule has 20 nitrogen and oxygen atoms in total. The monoisotopic (exact) mass is 689 g/mol. The molecule has 0 radical (unpaired) electrons. The minimum Gasteiger partial charge on any atom is -0.432 e. The van der Waals surface area contributed by atoms with Crippen molar-refractivity contribution < 1.29 is 52.3 Å². The lowest BCUT2D eigenvalue weighted by molar-refractivity contribution is -0.131. The molecule has 2 aliphatic heterocycles. The first-order valence-corrected chi connectivity index (χ1v) is 16.9. The van der Waals surface area contributed by atoms with Gasteiger partial charge in [0.15, 0.2) is 29.9 Å². The number of H-pyrrole nitrogens is 1. The molecule has 2 saturated heterocycles. The number of anilines is 1. The number of imidazole rings is 1. The van der Waals surface area contributed by atoms with Crippen molar-refractivity contribution in [3.8, 4) is 0 Å². The molecule has 3 aromatic heterocycles. The molecular formula is C24H32N7O13PS. The molecule has 8 atom stereocenters. The van der Waals surface area contributed by atoms with Crippen molar-refractivity contribution in [3.05, 3.63) is 45.8 Å². The maximum absolute atomic E-state index is 14.3. The Hall–Kier alpha value is -3.40. The van der Waals surface area contributed by atoms with E-state index in [2.05, 4.69) is 19.9 Å². The quantitative estimate of drug-likeness (QED) is 0.113. The number of carbonyl (C=O) groups is 1. The van der Waals surface area contributed by atoms with Gasteiger partial charge in [-0.05, 0) is 13.8 Å². The summed E-state index contributed by atoms with van der Waals surface area (Å²) in [5.41, 5.74) is 5.00. The smallest absolute Gasteiger partial charge is 0.432 e. The summed E-state index contributed by atoms with van der Waals surface area (Å²) in [5, 5.41) is 21.0. The molecule has 22 heteroatoms. The summed E-state index contributed by atoms with van der Waals surface area (Å²) in [7, 11) is 1.26. The van der Waals surface area contributed by atoms with Gasteiger partial charge in [0.25, 0.3) is 5.56 Å². The Morgan fingerprint density at radius 1 is 1.22 bits per heavy atom. The van der Waals surface area contributed by atoms with Crippen molar-refractivity contribution >= 4 is 41.3 Å². The Balaban J connectivity index is 1.39. The van der Waals surface area contributed by atoms with Gasteiger partial charge >= 0.3 is 18.6 Å². The Bertz CT molecular complexity index is 1700. The predicted octanol–water partition coefficient (Wildman–Crippen LogP) is 0.232. The van der Waals surface area contributed by atoms with Crippen molar-refractivity contribution in [1.82, 2.24) is 29.1 Å². The number of aliphatic hydroxyl groups is 2. The number of nitrogen functional groups attached to an aromatic ring is 1. The number of aromatic nitrogens is 6. The summed E-state index contributed by atoms with van der Waals surface area (Å²) in [6, 6.07) is 1.08. The van der Waals surface area contributed by atoms with Crippen LogP contribution in [0.4, 0.5) is 10.6 Å². The molecule has 2 unspecified atom stereocenters. The van der Waals surface area contributed by atoms with E-state index in [0.29, 0.717) is 22.5 Å². The van der Waals surface area contributed by atoms with Gasteiger partial charge in [0.1, 0.15) is 42.5 Å². The molecule has 46 heavy (non-hydrogen) atoms. The summed E-state index contributed by atoms with van der Waals surface area (Å²) in [5.74, 6) is -0.456. The van der Waals surface area contributed by atoms with Gasteiger partial charge in [-0.15, -0.1) is 0 Å². The van der Waals surface area contributed by atoms with Crippen molar-refractivity contribution in [1.29, 1.82) is 0 Å². The zero-order chi connectivity index (χ0) is 33.2. The van der Waals surface area contributed by atoms with Crippen molar-refractivity contribution in [2.75, 3.05) is 25.4 Å². The number of hydrogen-bond donors (Lipinski definition) is 4. The molecule has 0 spiro atoms. The number of aromatic amines is 1. The second kappa shape index (κ2) is 14.2. The highest BCUT2D eigenvalue weighted by molar-refractivity contribution is 8.55. The molecule has 252 valence electrons. The van der Waals surface area contributed by atoms with E-state index in [0.717, 1.165) is 16.8 Å². The van der Waals surface area contributed by atoms with Gasteiger partial charge in [0, 0.05) is 37.2 Å². The van der Waals surface area contributed by atoms with E-state index in [1.807, 2.05) is 0 Å². The standard InChI is InChI=1S/C24H32N7O13PS/c1-11(2)40-24(36)39-10-46-45(37,43-17-13(7-32)41-21(18(17)38-3)30-5-4-14(34)29-23(30)35)44-22-12(33)6-15(42-22)31-9-28-16-19(25)26-8-27-20(16)31/h4-5,8-9,11-13,15,17-18,21-22,32-33H,6-7,10H2,1-3H3,(H2,25,26,27)(H,29,34,35)/t12?,13-,15-,17?,18+,21-,22-,45-/m1/s1. The number of nitrogens with two attached hydrogens (primary N) is 1. The highest BCUT2D eigenvalue weighted by atomic mass is 32.7. The molecule has 5 heterocycles. The number of methoxy groups -OCH3 is 1. The van der Waals surface area contributed by atoms with Gasteiger partial charge < -0.3 is 39.6 Å². The molecule has 0 bridgehead atoms. The van der Waals surface area contributed by atoms with Crippen LogP contribution >= 0.6 is 18.2 Å². The first-order chi connectivity index (χ1) is 21.9. The zero-order valence-electron chi connectivity index (χ0n) is 24.6. The van der Waals surface area contributed by atoms with E-state index in [1.165, 1.54) is 24.3 Å². The van der Waals surface area contributed by atoms with Gasteiger partial charge in [0.05, 0.1) is 19.0 Å². The Morgan fingerprint density at radius 3 is 2.70 bits per heavy atom. The van der Waals surface area contributed by atoms with Gasteiger partial charge in [-0.3, -0.25) is 28.0 Å². The minimum absolute atomic E-state index is 0.0500. The predicted molar refractivity (Wildman–Crippen MR) is 156 cm³/mol. The van der Waals surface area contributed by atoms with Crippen LogP contribution in [0.5, 0.6) is 0 Å². The highest BCUT2D eigenvalue weighted by Gasteiger charge is 2.52. The van der Waals surface area contributed by atoms with E-state index >= 15 is 0 Å². The third-order valence-corrected chi connectivity index (χ3v) is 10.1. The largest absolute Gasteiger partial charge is 0.509 e. The fourth-order valence-electron chi connectivity index (χ4n) is 4.79. The highest BCUT2D eigenvalue weighted by Crippen LogP contribution is 2.64. The van der Waals surface area contributed by atoms with Crippen LogP contribution in [0.25, 0.3) is 11.2 Å². The summed E-state index contributed by atoms with van der Waals surface area (Å²) < 4.78 is 55.7. The maximum atomic E-state index is 14.3. The second-order valence-electron chi connectivity index (χ2n) is 10.2. The number of nitrogens with zero attached hydrogens (tertiary/aromatic N) is 5. The van der Waals surface area contributed by atoms with E-state index < -0.39 is 86.0 Å². The second-order valence-corrected chi connectivity index (χ2v) is 14.2. The minimum atomic E-state index is -4.53. The lowest BCUT2D eigenvalue weighted by atomic mass is 10.1. The van der Waals surface area contributed by atoms with E-state index in [9.17, 15) is 29.2 Å². The summed E-state index contributed by atoms with van der Waals surface area (Å²) in [6.07, 6.45) is -6.59. The van der Waals surface area contributed by atoms with Crippen LogP contribution in [0.2, 0.25) is 0 Å². The number of hydrogen-bond acceptors (Lipinski definition) is 18. The van der Waals surface area contributed by atoms with Crippen LogP contribution in [0.3, 0.4) is 0 Å². The van der Waals surface area contributed by atoms with E-state index in [4.69, 9.17) is 38.5 Å². The average molecular weight is 690 g/mol. The SMILES string of the molecule is CO[C@H]1C(O[P@](=O)(O[C@H]2O[C@@H](n3cnc4c(N)ncnc43)CC2O)SCOC(=O)OC(C)C)[C@@H](CO)O[C@H]1n1ccc(=O)[nH]c1=O. The fourth-order valence-corrected chi connectivity index (χ4v) is 7.70. The summed E-state index contributed by atoms with van der Waals surface area (Å²) in [6.45, 7) is -2.00. The number of rotatable bonds is 12. The summed E-state index contributed by atoms with van der Waals surface area (Å²) >= 11 is 0.417. The van der Waals surface area contributed by atoms with Crippen molar-refractivity contribution in [2.45, 2.75) is 69.5 Å². The first-order valence-electron chi connectivity index (χ1n) is 13.7. The number of carbonyl (C=O) groups excluding carboxylic acids is 1. The molecule has 2 fully saturated rings. The average Bonchev–Trinajstić information content (AvgIpc) is 3.68. The molecule has 0 aromatic carbocycles. The molecule has 0 saturated carbocycles. The molecule has 5 N–H and O–H groups in total. The van der Waals surface area contributed by atoms with Crippen LogP contribution in [-0.4, -0.2) is 102 Å². The van der Waals surface area contributed by atoms with Gasteiger partial charge in [-0.2, -0.15) is 0 Å². The molecule has 0 aliphatic carbocycles. The molecule has 3 aromatic rings. The van der Waals surface area contributed by atoms with Crippen LogP contribution in [0.15, 0.2) is 34.5 Å². The topological polar surface area (TPSA) is 264 Å². The Kier molecular flexibility index (Phi) is 10.4. The molecule has 5 rings (SSSR count). The van der Waals surface area contributed by atoms with Crippen LogP contribution in [0, 0.1) is 0 Å². The fraction of sp³-hybridized carbons (Fsp3) is 0.583. The van der Waals surface area contributed by atoms with E-state index in [1.54, 1.807) is 13.8 Å². The number of fused-ring (bicyclic) bond motifs is 1. The van der Waals surface area contributed by atoms with Gasteiger partial charge in [-0.25, -0.2) is 29.1 Å². The normalized spacial score (nSPS) is 27.7. The van der Waals surface area contributed by atoms with Crippen LogP contribution in [0.1, 0.15) is 32.7 Å². The third kappa shape index (κ3) is 7.27. The van der Waals surface area contributed by atoms with Crippen LogP contribution in [-0.2, 0) is 37.3 Å². The summed E-state index contributed by atoms with van der Waals surface area (Å²) in [4.78, 5) is 50.4. The lowest BCUT2D eigenvalue weighted by Gasteiger charge is -2.28. The van der Waals surface area contributed by atoms with Crippen LogP contribution < -0.4 is 17.0 Å². The van der Waals surface area contributed by atoms with Gasteiger partial charge in [-0.1, -0.05) is 0 Å². The Morgan fingerprint density at radius 2 is 2.00 bits per heavy atom. The molecule has 0 amide bonds. The lowest BCUT2D eigenvalue weighted by Crippen LogP contribution is -2.40. The number of aliphatic hydroxyl groups excluding tert-OH is 2. The van der Waals surface area contributed by atoms with E-state index in [-0.39, 0.29) is 12.2 Å². The van der Waals surface area contributed by atoms with Crippen molar-refractivity contribution in [3.63, 3.8) is 0 Å². The van der Waals surface area contributed by atoms with Crippen molar-refractivity contribution in [2.24, 2.45) is 0 Å². The number of ether oxygens (including phenoxy) is 5. The maximum Gasteiger partial charge on any atom is 0.509 e. The third-order valence-electron chi connectivity index (χ3n) is 6.81. The number of nitrogens with one attached hydrogen (secondary N) is 1. The molecule has 2 aliphatic rings. The van der Waals surface area contributed by atoms with Gasteiger partial charge in [0.2, 0.25) is 0 Å². The zero-order valence-corrected chi connectivity index (χ0v) is 26.3. The Labute approximate surface area is 263 Å². The first kappa shape index (κ1) is 33.9. The molecular weight excluding hydrogens is 657 g/mol.